The minimum absolute atomic E-state index is 0.0999. The van der Waals surface area contributed by atoms with E-state index >= 15 is 0 Å². The van der Waals surface area contributed by atoms with Crippen LogP contribution in [0.15, 0.2) is 24.3 Å². The van der Waals surface area contributed by atoms with E-state index in [9.17, 15) is 9.50 Å². The van der Waals surface area contributed by atoms with Crippen molar-refractivity contribution in [2.45, 2.75) is 9.49 Å². The van der Waals surface area contributed by atoms with Gasteiger partial charge in [-0.2, -0.15) is 0 Å². The minimum atomic E-state index is -0.734. The van der Waals surface area contributed by atoms with E-state index in [0.717, 1.165) is 0 Å². The molecule has 14 heavy (non-hydrogen) atoms. The molecule has 0 saturated carbocycles. The number of hydrogen-bond donors (Lipinski definition) is 1. The number of rotatable bonds is 4. The van der Waals surface area contributed by atoms with Crippen LogP contribution in [0.1, 0.15) is 0 Å². The summed E-state index contributed by atoms with van der Waals surface area (Å²) in [5, 5.41) is 9.30. The number of hydrogen-bond acceptors (Lipinski definition) is 2. The normalized spacial score (nSPS) is 14.9. The maximum atomic E-state index is 12.5. The second kappa shape index (κ2) is 5.72. The summed E-state index contributed by atoms with van der Waals surface area (Å²) in [5.74, 6) is 0.196. The molecule has 0 bridgehead atoms. The molecule has 1 unspecified atom stereocenters. The molecule has 2 atom stereocenters. The van der Waals surface area contributed by atoms with Crippen molar-refractivity contribution in [1.82, 2.24) is 0 Å². The maximum Gasteiger partial charge on any atom is 0.123 e. The molecule has 0 aromatic heterocycles. The quantitative estimate of drug-likeness (QED) is 0.679. The lowest BCUT2D eigenvalue weighted by atomic mass is 10.3. The zero-order valence-corrected chi connectivity index (χ0v) is 10.1. The zero-order chi connectivity index (χ0) is 10.6. The van der Waals surface area contributed by atoms with Gasteiger partial charge in [-0.1, -0.05) is 22.6 Å². The number of benzene rings is 1. The molecule has 5 heteroatoms. The van der Waals surface area contributed by atoms with Gasteiger partial charge in [0.05, 0.1) is 0 Å². The number of halogens is 3. The molecule has 0 amide bonds. The SMILES string of the molecule is OC(COc1ccc(F)cc1)[C@@H](Cl)I. The fourth-order valence-electron chi connectivity index (χ4n) is 0.785. The molecule has 2 nitrogen and oxygen atoms in total. The molecule has 0 spiro atoms. The van der Waals surface area contributed by atoms with Gasteiger partial charge in [0.1, 0.15) is 27.7 Å². The van der Waals surface area contributed by atoms with Gasteiger partial charge < -0.3 is 9.84 Å². The van der Waals surface area contributed by atoms with Gasteiger partial charge in [0, 0.05) is 0 Å². The lowest BCUT2D eigenvalue weighted by Crippen LogP contribution is -2.23. The summed E-state index contributed by atoms with van der Waals surface area (Å²) in [5.41, 5.74) is 0. The molecule has 0 aliphatic carbocycles. The van der Waals surface area contributed by atoms with Crippen LogP contribution in [0.4, 0.5) is 4.39 Å². The van der Waals surface area contributed by atoms with Crippen molar-refractivity contribution in [1.29, 1.82) is 0 Å². The third-order valence-electron chi connectivity index (χ3n) is 1.53. The molecule has 0 heterocycles. The summed E-state index contributed by atoms with van der Waals surface area (Å²) < 4.78 is 17.3. The third-order valence-corrected chi connectivity index (χ3v) is 2.65. The second-order valence-electron chi connectivity index (χ2n) is 2.67. The largest absolute Gasteiger partial charge is 0.491 e. The fraction of sp³-hybridized carbons (Fsp3) is 0.333. The van der Waals surface area contributed by atoms with E-state index in [4.69, 9.17) is 16.3 Å². The molecule has 1 aromatic carbocycles. The van der Waals surface area contributed by atoms with Gasteiger partial charge in [-0.25, -0.2) is 4.39 Å². The molecule has 0 saturated heterocycles. The first-order valence-electron chi connectivity index (χ1n) is 3.94. The Hall–Kier alpha value is -0.0700. The fourth-order valence-corrected chi connectivity index (χ4v) is 1.07. The van der Waals surface area contributed by atoms with Crippen LogP contribution in [-0.2, 0) is 0 Å². The van der Waals surface area contributed by atoms with Crippen LogP contribution >= 0.6 is 34.2 Å². The summed E-state index contributed by atoms with van der Waals surface area (Å²) in [4.78, 5) is 0. The zero-order valence-electron chi connectivity index (χ0n) is 7.16. The molecule has 0 aliphatic rings. The second-order valence-corrected chi connectivity index (χ2v) is 5.22. The van der Waals surface area contributed by atoms with Crippen molar-refractivity contribution in [3.63, 3.8) is 0 Å². The Kier molecular flexibility index (Phi) is 4.91. The number of aliphatic hydroxyl groups is 1. The highest BCUT2D eigenvalue weighted by atomic mass is 127. The highest BCUT2D eigenvalue weighted by molar-refractivity contribution is 14.1. The van der Waals surface area contributed by atoms with Crippen LogP contribution < -0.4 is 4.74 Å². The van der Waals surface area contributed by atoms with Crippen molar-refractivity contribution < 1.29 is 14.2 Å². The molecule has 0 aliphatic heterocycles. The first kappa shape index (κ1) is 12.0. The molecule has 0 fully saturated rings. The Morgan fingerprint density at radius 1 is 1.43 bits per heavy atom. The van der Waals surface area contributed by atoms with Gasteiger partial charge in [-0.05, 0) is 24.3 Å². The highest BCUT2D eigenvalue weighted by Crippen LogP contribution is 2.15. The van der Waals surface area contributed by atoms with Gasteiger partial charge in [0.15, 0.2) is 0 Å². The smallest absolute Gasteiger partial charge is 0.123 e. The van der Waals surface area contributed by atoms with Crippen molar-refractivity contribution >= 4 is 34.2 Å². The van der Waals surface area contributed by atoms with Gasteiger partial charge in [0.25, 0.3) is 0 Å². The Labute approximate surface area is 100 Å². The van der Waals surface area contributed by atoms with Crippen molar-refractivity contribution in [2.24, 2.45) is 0 Å². The Morgan fingerprint density at radius 2 is 2.00 bits per heavy atom. The van der Waals surface area contributed by atoms with Crippen LogP contribution in [0.2, 0.25) is 0 Å². The van der Waals surface area contributed by atoms with E-state index in [1.807, 2.05) is 22.6 Å². The first-order valence-corrected chi connectivity index (χ1v) is 5.62. The first-order chi connectivity index (χ1) is 6.59. The van der Waals surface area contributed by atoms with E-state index < -0.39 is 9.49 Å². The molecule has 78 valence electrons. The number of aliphatic hydroxyl groups excluding tert-OH is 1. The number of alkyl halides is 2. The average molecular weight is 331 g/mol. The van der Waals surface area contributed by atoms with Crippen LogP contribution in [-0.4, -0.2) is 21.2 Å². The Bertz CT molecular complexity index is 279. The van der Waals surface area contributed by atoms with Crippen molar-refractivity contribution in [3.05, 3.63) is 30.1 Å². The summed E-state index contributed by atoms with van der Waals surface area (Å²) in [7, 11) is 0. The predicted molar refractivity (Wildman–Crippen MR) is 61.6 cm³/mol. The summed E-state index contributed by atoms with van der Waals surface area (Å²) in [6, 6.07) is 5.59. The van der Waals surface area contributed by atoms with E-state index in [0.29, 0.717) is 5.75 Å². The molecule has 1 aromatic rings. The highest BCUT2D eigenvalue weighted by Gasteiger charge is 2.13. The van der Waals surface area contributed by atoms with Crippen LogP contribution in [0.25, 0.3) is 0 Å². The lowest BCUT2D eigenvalue weighted by Gasteiger charge is -2.12. The van der Waals surface area contributed by atoms with Gasteiger partial charge in [-0.3, -0.25) is 0 Å². The van der Waals surface area contributed by atoms with Crippen LogP contribution in [0.3, 0.4) is 0 Å². The van der Waals surface area contributed by atoms with E-state index in [-0.39, 0.29) is 12.4 Å². The van der Waals surface area contributed by atoms with E-state index in [2.05, 4.69) is 0 Å². The van der Waals surface area contributed by atoms with E-state index in [1.165, 1.54) is 24.3 Å². The topological polar surface area (TPSA) is 29.5 Å². The maximum absolute atomic E-state index is 12.5. The average Bonchev–Trinajstić information content (AvgIpc) is 2.16. The minimum Gasteiger partial charge on any atom is -0.491 e. The number of ether oxygens (including phenoxy) is 1. The lowest BCUT2D eigenvalue weighted by molar-refractivity contribution is 0.122. The van der Waals surface area contributed by atoms with Gasteiger partial charge >= 0.3 is 0 Å². The van der Waals surface area contributed by atoms with Crippen molar-refractivity contribution in [2.75, 3.05) is 6.61 Å². The Balaban J connectivity index is 2.42. The summed E-state index contributed by atoms with van der Waals surface area (Å²) in [6.07, 6.45) is -0.734. The summed E-state index contributed by atoms with van der Waals surface area (Å²) in [6.45, 7) is 0.0999. The van der Waals surface area contributed by atoms with Crippen LogP contribution in [0.5, 0.6) is 5.75 Å². The van der Waals surface area contributed by atoms with E-state index in [1.54, 1.807) is 0 Å². The van der Waals surface area contributed by atoms with Gasteiger partial charge in [0.2, 0.25) is 0 Å². The Morgan fingerprint density at radius 3 is 2.50 bits per heavy atom. The van der Waals surface area contributed by atoms with Crippen molar-refractivity contribution in [3.8, 4) is 5.75 Å². The summed E-state index contributed by atoms with van der Waals surface area (Å²) >= 11 is 7.51. The predicted octanol–water partition coefficient (Wildman–Crippen LogP) is 2.57. The monoisotopic (exact) mass is 330 g/mol. The molecular formula is C9H9ClFIO2. The molecule has 1 N–H and O–H groups in total. The van der Waals surface area contributed by atoms with Gasteiger partial charge in [-0.15, -0.1) is 11.6 Å². The standard InChI is InChI=1S/C9H9ClFIO2/c10-9(12)8(13)5-14-7-3-1-6(11)2-4-7/h1-4,8-9,13H,5H2/t8?,9-/m0/s1. The molecule has 0 radical (unpaired) electrons. The molecular weight excluding hydrogens is 321 g/mol. The third kappa shape index (κ3) is 3.98. The molecule has 1 rings (SSSR count). The van der Waals surface area contributed by atoms with Crippen LogP contribution in [0, 0.1) is 5.82 Å².